The lowest BCUT2D eigenvalue weighted by Crippen LogP contribution is -2.37. The highest BCUT2D eigenvalue weighted by Gasteiger charge is 2.27. The largest absolute Gasteiger partial charge is 0.379 e. The van der Waals surface area contributed by atoms with Gasteiger partial charge >= 0.3 is 5.69 Å². The van der Waals surface area contributed by atoms with Crippen molar-refractivity contribution in [1.29, 1.82) is 5.41 Å². The highest BCUT2D eigenvalue weighted by atomic mass is 32.2. The number of ether oxygens (including phenoxy) is 1. The molecule has 9 nitrogen and oxygen atoms in total. The molecule has 214 valence electrons. The Hall–Kier alpha value is -3.44. The van der Waals surface area contributed by atoms with Crippen LogP contribution in [0.15, 0.2) is 71.7 Å². The van der Waals surface area contributed by atoms with Crippen molar-refractivity contribution in [3.63, 3.8) is 0 Å². The molecule has 41 heavy (non-hydrogen) atoms. The summed E-state index contributed by atoms with van der Waals surface area (Å²) in [6.07, 6.45) is 7.26. The molecule has 6 N–H and O–H groups in total. The Morgan fingerprint density at radius 2 is 1.95 bits per heavy atom. The third kappa shape index (κ3) is 6.73. The number of amidine groups is 1. The van der Waals surface area contributed by atoms with E-state index in [0.29, 0.717) is 18.3 Å². The number of H-pyrrole nitrogens is 1. The summed E-state index contributed by atoms with van der Waals surface area (Å²) in [5.74, 6) is 0.858. The van der Waals surface area contributed by atoms with E-state index in [9.17, 15) is 4.79 Å². The molecule has 0 radical (unpaired) electrons. The number of benzene rings is 2. The molecule has 2 aromatic carbocycles. The number of fused-ring (bicyclic) bond motifs is 1. The van der Waals surface area contributed by atoms with E-state index in [1.165, 1.54) is 29.3 Å². The highest BCUT2D eigenvalue weighted by molar-refractivity contribution is 8.13. The van der Waals surface area contributed by atoms with E-state index < -0.39 is 0 Å². The first-order chi connectivity index (χ1) is 20.0. The minimum Gasteiger partial charge on any atom is -0.379 e. The topological polar surface area (TPSA) is 134 Å². The Kier molecular flexibility index (Phi) is 8.52. The lowest BCUT2D eigenvalue weighted by molar-refractivity contribution is 0.0525. The first-order valence-corrected chi connectivity index (χ1v) is 15.3. The van der Waals surface area contributed by atoms with Gasteiger partial charge in [0.25, 0.3) is 0 Å². The van der Waals surface area contributed by atoms with E-state index >= 15 is 0 Å². The van der Waals surface area contributed by atoms with Crippen molar-refractivity contribution in [3.8, 4) is 5.69 Å². The first kappa shape index (κ1) is 27.7. The molecule has 0 saturated carbocycles. The van der Waals surface area contributed by atoms with E-state index in [1.807, 2.05) is 36.5 Å². The average molecular weight is 572 g/mol. The molecule has 0 aliphatic carbocycles. The van der Waals surface area contributed by atoms with E-state index in [4.69, 9.17) is 15.9 Å². The van der Waals surface area contributed by atoms with Crippen LogP contribution >= 0.6 is 11.8 Å². The molecule has 4 heterocycles. The van der Waals surface area contributed by atoms with Crippen molar-refractivity contribution < 1.29 is 4.74 Å². The summed E-state index contributed by atoms with van der Waals surface area (Å²) < 4.78 is 7.75. The molecule has 6 rings (SSSR count). The molecule has 0 spiro atoms. The molecule has 4 aromatic rings. The Labute approximate surface area is 243 Å². The average Bonchev–Trinajstić information content (AvgIpc) is 3.63. The Bertz CT molecular complexity index is 1540. The summed E-state index contributed by atoms with van der Waals surface area (Å²) in [5.41, 5.74) is 9.99. The van der Waals surface area contributed by atoms with Gasteiger partial charge in [-0.2, -0.15) is 4.98 Å². The van der Waals surface area contributed by atoms with Crippen LogP contribution in [0.1, 0.15) is 61.0 Å². The van der Waals surface area contributed by atoms with E-state index in [1.54, 1.807) is 4.57 Å². The molecular weight excluding hydrogens is 534 g/mol. The van der Waals surface area contributed by atoms with Crippen molar-refractivity contribution in [3.05, 3.63) is 94.2 Å². The molecule has 2 aromatic heterocycles. The second-order valence-corrected chi connectivity index (χ2v) is 12.1. The van der Waals surface area contributed by atoms with Crippen LogP contribution in [0.2, 0.25) is 0 Å². The summed E-state index contributed by atoms with van der Waals surface area (Å²) in [5, 5.41) is 15.8. The SMILES string of the molecule is N=C(N)SCC[C@@H]1CCC[C@@H](c2ccc(-n3cc4cc(C5C[C@@H](OCc6ccccc6)CN5)[nH]c4nc3=O)cc2)N1. The molecule has 10 heteroatoms. The Morgan fingerprint density at radius 1 is 1.12 bits per heavy atom. The Morgan fingerprint density at radius 3 is 2.76 bits per heavy atom. The van der Waals surface area contributed by atoms with Crippen LogP contribution in [-0.4, -0.2) is 44.1 Å². The van der Waals surface area contributed by atoms with Crippen molar-refractivity contribution in [1.82, 2.24) is 25.2 Å². The van der Waals surface area contributed by atoms with E-state index in [0.717, 1.165) is 54.7 Å². The third-order valence-corrected chi connectivity index (χ3v) is 8.85. The molecular formula is C31H37N7O2S. The number of thioether (sulfide) groups is 1. The van der Waals surface area contributed by atoms with Gasteiger partial charge in [-0.05, 0) is 55.0 Å². The van der Waals surface area contributed by atoms with Crippen LogP contribution in [0.5, 0.6) is 0 Å². The van der Waals surface area contributed by atoms with Crippen LogP contribution in [0.25, 0.3) is 16.7 Å². The van der Waals surface area contributed by atoms with Crippen molar-refractivity contribution in [2.45, 2.75) is 62.9 Å². The predicted molar refractivity (Wildman–Crippen MR) is 165 cm³/mol. The van der Waals surface area contributed by atoms with Crippen LogP contribution < -0.4 is 22.1 Å². The lowest BCUT2D eigenvalue weighted by atomic mass is 9.92. The standard InChI is InChI=1S/C31H37N7O2S/c32-30(33)41-14-13-23-7-4-8-26(35-23)21-9-11-24(12-10-21)38-18-22-15-28(36-29(22)37-31(38)39)27-16-25(17-34-27)40-19-20-5-2-1-3-6-20/h1-3,5-6,9-12,15,18,23,25-27,34-35H,4,7-8,13-14,16-17,19H2,(H3,32,33)(H,36,37,39)/t23-,25+,26-,27?/m0/s1. The van der Waals surface area contributed by atoms with Gasteiger partial charge in [-0.3, -0.25) is 9.98 Å². The van der Waals surface area contributed by atoms with Gasteiger partial charge in [0.1, 0.15) is 5.65 Å². The zero-order valence-electron chi connectivity index (χ0n) is 23.0. The van der Waals surface area contributed by atoms with Gasteiger partial charge in [0.2, 0.25) is 0 Å². The van der Waals surface area contributed by atoms with Crippen LogP contribution in [0.3, 0.4) is 0 Å². The van der Waals surface area contributed by atoms with Gasteiger partial charge in [0.05, 0.1) is 18.4 Å². The third-order valence-electron chi connectivity index (χ3n) is 8.10. The number of aromatic amines is 1. The summed E-state index contributed by atoms with van der Waals surface area (Å²) in [6, 6.07) is 21.4. The van der Waals surface area contributed by atoms with Crippen molar-refractivity contribution in [2.75, 3.05) is 12.3 Å². The van der Waals surface area contributed by atoms with Gasteiger partial charge < -0.3 is 26.1 Å². The first-order valence-electron chi connectivity index (χ1n) is 14.4. The fraction of sp³-hybridized carbons (Fsp3) is 0.387. The number of rotatable bonds is 9. The minimum absolute atomic E-state index is 0.126. The number of aromatic nitrogens is 3. The maximum atomic E-state index is 13.0. The molecule has 0 amide bonds. The number of nitrogens with zero attached hydrogens (tertiary/aromatic N) is 2. The fourth-order valence-corrected chi connectivity index (χ4v) is 6.55. The number of hydrogen-bond acceptors (Lipinski definition) is 7. The second kappa shape index (κ2) is 12.6. The van der Waals surface area contributed by atoms with Gasteiger partial charge in [-0.15, -0.1) is 0 Å². The fourth-order valence-electron chi connectivity index (χ4n) is 5.93. The molecule has 0 bridgehead atoms. The maximum Gasteiger partial charge on any atom is 0.354 e. The molecule has 2 aliphatic heterocycles. The molecule has 2 fully saturated rings. The smallest absolute Gasteiger partial charge is 0.354 e. The van der Waals surface area contributed by atoms with E-state index in [2.05, 4.69) is 50.9 Å². The minimum atomic E-state index is -0.305. The summed E-state index contributed by atoms with van der Waals surface area (Å²) >= 11 is 1.40. The van der Waals surface area contributed by atoms with Crippen LogP contribution in [-0.2, 0) is 11.3 Å². The Balaban J connectivity index is 1.10. The molecule has 4 atom stereocenters. The normalized spacial score (nSPS) is 22.7. The summed E-state index contributed by atoms with van der Waals surface area (Å²) in [4.78, 5) is 20.7. The van der Waals surface area contributed by atoms with Gasteiger partial charge in [0, 0.05) is 47.7 Å². The molecule has 1 unspecified atom stereocenters. The number of nitrogens with one attached hydrogen (secondary N) is 4. The zero-order chi connectivity index (χ0) is 28.2. The van der Waals surface area contributed by atoms with Crippen molar-refractivity contribution in [2.24, 2.45) is 5.73 Å². The number of piperidine rings is 1. The quantitative estimate of drug-likeness (QED) is 0.147. The van der Waals surface area contributed by atoms with Crippen LogP contribution in [0.4, 0.5) is 0 Å². The van der Waals surface area contributed by atoms with Gasteiger partial charge in [-0.25, -0.2) is 4.79 Å². The van der Waals surface area contributed by atoms with E-state index in [-0.39, 0.29) is 29.0 Å². The highest BCUT2D eigenvalue weighted by Crippen LogP contribution is 2.29. The maximum absolute atomic E-state index is 13.0. The number of hydrogen-bond donors (Lipinski definition) is 5. The number of nitrogens with two attached hydrogens (primary N) is 1. The second-order valence-electron chi connectivity index (χ2n) is 11.0. The molecule has 2 saturated heterocycles. The van der Waals surface area contributed by atoms with Gasteiger partial charge in [-0.1, -0.05) is 60.6 Å². The molecule has 2 aliphatic rings. The monoisotopic (exact) mass is 571 g/mol. The van der Waals surface area contributed by atoms with Gasteiger partial charge in [0.15, 0.2) is 5.17 Å². The van der Waals surface area contributed by atoms with Crippen LogP contribution in [0, 0.1) is 5.41 Å². The summed E-state index contributed by atoms with van der Waals surface area (Å²) in [7, 11) is 0. The lowest BCUT2D eigenvalue weighted by Gasteiger charge is -2.31. The zero-order valence-corrected chi connectivity index (χ0v) is 23.8. The van der Waals surface area contributed by atoms with Crippen molar-refractivity contribution >= 4 is 28.0 Å². The summed E-state index contributed by atoms with van der Waals surface area (Å²) in [6.45, 7) is 1.39. The predicted octanol–water partition coefficient (Wildman–Crippen LogP) is 4.53.